The van der Waals surface area contributed by atoms with E-state index in [1.807, 2.05) is 24.3 Å². The molecule has 1 aromatic rings. The molecule has 118 valence electrons. The highest BCUT2D eigenvalue weighted by Crippen LogP contribution is 2.26. The molecule has 0 aliphatic carbocycles. The quantitative estimate of drug-likeness (QED) is 0.763. The molecule has 0 spiro atoms. The molecule has 2 N–H and O–H groups in total. The van der Waals surface area contributed by atoms with E-state index in [1.54, 1.807) is 7.11 Å². The average Bonchev–Trinajstić information content (AvgIpc) is 2.92. The maximum Gasteiger partial charge on any atom is 0.161 e. The first-order valence-electron chi connectivity index (χ1n) is 7.41. The number of ether oxygens (including phenoxy) is 3. The van der Waals surface area contributed by atoms with Crippen LogP contribution in [0.5, 0.6) is 11.5 Å². The minimum Gasteiger partial charge on any atom is -0.493 e. The molecule has 21 heavy (non-hydrogen) atoms. The van der Waals surface area contributed by atoms with E-state index < -0.39 is 6.10 Å². The minimum atomic E-state index is -0.570. The third kappa shape index (κ3) is 4.88. The Morgan fingerprint density at radius 3 is 2.81 bits per heavy atom. The molecule has 0 amide bonds. The fourth-order valence-corrected chi connectivity index (χ4v) is 2.46. The Balaban J connectivity index is 1.68. The Morgan fingerprint density at radius 2 is 2.14 bits per heavy atom. The van der Waals surface area contributed by atoms with Gasteiger partial charge in [0.1, 0.15) is 12.7 Å². The van der Waals surface area contributed by atoms with Crippen LogP contribution >= 0.6 is 0 Å². The van der Waals surface area contributed by atoms with E-state index in [9.17, 15) is 5.11 Å². The zero-order valence-electron chi connectivity index (χ0n) is 12.8. The van der Waals surface area contributed by atoms with Crippen LogP contribution in [0.25, 0.3) is 0 Å². The lowest BCUT2D eigenvalue weighted by Crippen LogP contribution is -2.41. The van der Waals surface area contributed by atoms with Gasteiger partial charge in [0.25, 0.3) is 0 Å². The number of aliphatic hydroxyl groups is 1. The lowest BCUT2D eigenvalue weighted by Gasteiger charge is -2.24. The number of benzene rings is 1. The molecule has 1 aliphatic rings. The van der Waals surface area contributed by atoms with Gasteiger partial charge in [0, 0.05) is 19.7 Å². The summed E-state index contributed by atoms with van der Waals surface area (Å²) in [5.41, 5.74) is -0.0940. The van der Waals surface area contributed by atoms with Crippen LogP contribution in [0.2, 0.25) is 0 Å². The summed E-state index contributed by atoms with van der Waals surface area (Å²) >= 11 is 0. The van der Waals surface area contributed by atoms with E-state index in [2.05, 4.69) is 12.2 Å². The Bertz CT molecular complexity index is 432. The molecule has 1 heterocycles. The smallest absolute Gasteiger partial charge is 0.161 e. The van der Waals surface area contributed by atoms with Crippen LogP contribution in [0, 0.1) is 0 Å². The van der Waals surface area contributed by atoms with Gasteiger partial charge in [-0.2, -0.15) is 0 Å². The SMILES string of the molecule is COc1ccccc1OCC(O)CNCC1(C)CCCO1. The van der Waals surface area contributed by atoms with Crippen molar-refractivity contribution in [2.24, 2.45) is 0 Å². The fraction of sp³-hybridized carbons (Fsp3) is 0.625. The van der Waals surface area contributed by atoms with Crippen LogP contribution in [0.3, 0.4) is 0 Å². The zero-order chi connectivity index (χ0) is 15.1. The molecular formula is C16H25NO4. The number of nitrogens with one attached hydrogen (secondary N) is 1. The van der Waals surface area contributed by atoms with E-state index >= 15 is 0 Å². The van der Waals surface area contributed by atoms with E-state index in [-0.39, 0.29) is 12.2 Å². The van der Waals surface area contributed by atoms with Crippen LogP contribution in [0.4, 0.5) is 0 Å². The molecule has 0 aromatic heterocycles. The third-order valence-electron chi connectivity index (χ3n) is 3.68. The predicted molar refractivity (Wildman–Crippen MR) is 81.0 cm³/mol. The van der Waals surface area contributed by atoms with Gasteiger partial charge in [-0.05, 0) is 31.9 Å². The van der Waals surface area contributed by atoms with Crippen molar-refractivity contribution in [3.05, 3.63) is 24.3 Å². The van der Waals surface area contributed by atoms with Crippen molar-refractivity contribution in [2.45, 2.75) is 31.5 Å². The standard InChI is InChI=1S/C16H25NO4/c1-16(8-5-9-21-16)12-17-10-13(18)11-20-15-7-4-3-6-14(15)19-2/h3-4,6-7,13,17-18H,5,8-12H2,1-2H3. The molecule has 2 rings (SSSR count). The van der Waals surface area contributed by atoms with Crippen LogP contribution in [0.15, 0.2) is 24.3 Å². The molecular weight excluding hydrogens is 270 g/mol. The lowest BCUT2D eigenvalue weighted by atomic mass is 10.0. The number of aliphatic hydroxyl groups excluding tert-OH is 1. The summed E-state index contributed by atoms with van der Waals surface area (Å²) in [6.07, 6.45) is 1.60. The summed E-state index contributed by atoms with van der Waals surface area (Å²) in [5.74, 6) is 1.31. The molecule has 2 atom stereocenters. The molecule has 1 aliphatic heterocycles. The van der Waals surface area contributed by atoms with Crippen molar-refractivity contribution in [2.75, 3.05) is 33.4 Å². The van der Waals surface area contributed by atoms with Crippen molar-refractivity contribution < 1.29 is 19.3 Å². The van der Waals surface area contributed by atoms with E-state index in [1.165, 1.54) is 0 Å². The van der Waals surface area contributed by atoms with Gasteiger partial charge in [-0.15, -0.1) is 0 Å². The molecule has 1 fully saturated rings. The summed E-state index contributed by atoms with van der Waals surface area (Å²) in [4.78, 5) is 0. The summed E-state index contributed by atoms with van der Waals surface area (Å²) in [5, 5.41) is 13.2. The summed E-state index contributed by atoms with van der Waals surface area (Å²) in [6.45, 7) is 4.39. The van der Waals surface area contributed by atoms with E-state index in [0.29, 0.717) is 18.0 Å². The second kappa shape index (κ2) is 7.64. The maximum absolute atomic E-state index is 9.96. The van der Waals surface area contributed by atoms with Crippen LogP contribution < -0.4 is 14.8 Å². The normalized spacial score (nSPS) is 23.0. The van der Waals surface area contributed by atoms with Crippen molar-refractivity contribution in [3.63, 3.8) is 0 Å². The maximum atomic E-state index is 9.96. The average molecular weight is 295 g/mol. The summed E-state index contributed by atoms with van der Waals surface area (Å²) in [6, 6.07) is 7.41. The van der Waals surface area contributed by atoms with Gasteiger partial charge >= 0.3 is 0 Å². The van der Waals surface area contributed by atoms with Crippen molar-refractivity contribution >= 4 is 0 Å². The Kier molecular flexibility index (Phi) is 5.85. The second-order valence-electron chi connectivity index (χ2n) is 5.65. The zero-order valence-corrected chi connectivity index (χ0v) is 12.8. The summed E-state index contributed by atoms with van der Waals surface area (Å²) < 4.78 is 16.5. The number of hydrogen-bond donors (Lipinski definition) is 2. The number of methoxy groups -OCH3 is 1. The number of hydrogen-bond acceptors (Lipinski definition) is 5. The van der Waals surface area contributed by atoms with Crippen LogP contribution in [-0.4, -0.2) is 50.2 Å². The van der Waals surface area contributed by atoms with Crippen LogP contribution in [-0.2, 0) is 4.74 Å². The van der Waals surface area contributed by atoms with Crippen molar-refractivity contribution in [1.82, 2.24) is 5.32 Å². The number of para-hydroxylation sites is 2. The molecule has 0 saturated carbocycles. The molecule has 5 heteroatoms. The van der Waals surface area contributed by atoms with E-state index in [4.69, 9.17) is 14.2 Å². The fourth-order valence-electron chi connectivity index (χ4n) is 2.46. The molecule has 1 aromatic carbocycles. The van der Waals surface area contributed by atoms with Gasteiger partial charge < -0.3 is 24.6 Å². The highest BCUT2D eigenvalue weighted by molar-refractivity contribution is 5.39. The topological polar surface area (TPSA) is 60.0 Å². The lowest BCUT2D eigenvalue weighted by molar-refractivity contribution is 0.0169. The van der Waals surface area contributed by atoms with E-state index in [0.717, 1.165) is 26.0 Å². The first-order valence-corrected chi connectivity index (χ1v) is 7.41. The third-order valence-corrected chi connectivity index (χ3v) is 3.68. The van der Waals surface area contributed by atoms with Gasteiger partial charge in [0.15, 0.2) is 11.5 Å². The minimum absolute atomic E-state index is 0.0940. The first kappa shape index (κ1) is 16.1. The van der Waals surface area contributed by atoms with Gasteiger partial charge in [-0.3, -0.25) is 0 Å². The Labute approximate surface area is 126 Å². The molecule has 1 saturated heterocycles. The van der Waals surface area contributed by atoms with Gasteiger partial charge in [-0.25, -0.2) is 0 Å². The van der Waals surface area contributed by atoms with Gasteiger partial charge in [-0.1, -0.05) is 12.1 Å². The molecule has 0 radical (unpaired) electrons. The first-order chi connectivity index (χ1) is 10.1. The highest BCUT2D eigenvalue weighted by atomic mass is 16.5. The Morgan fingerprint density at radius 1 is 1.38 bits per heavy atom. The summed E-state index contributed by atoms with van der Waals surface area (Å²) in [7, 11) is 1.60. The van der Waals surface area contributed by atoms with Gasteiger partial charge in [0.05, 0.1) is 12.7 Å². The molecule has 2 unspecified atom stereocenters. The second-order valence-corrected chi connectivity index (χ2v) is 5.65. The van der Waals surface area contributed by atoms with Gasteiger partial charge in [0.2, 0.25) is 0 Å². The molecule has 5 nitrogen and oxygen atoms in total. The Hall–Kier alpha value is -1.30. The van der Waals surface area contributed by atoms with Crippen molar-refractivity contribution in [3.8, 4) is 11.5 Å². The monoisotopic (exact) mass is 295 g/mol. The largest absolute Gasteiger partial charge is 0.493 e. The predicted octanol–water partition coefficient (Wildman–Crippen LogP) is 1.59. The molecule has 0 bridgehead atoms. The van der Waals surface area contributed by atoms with Crippen LogP contribution in [0.1, 0.15) is 19.8 Å². The van der Waals surface area contributed by atoms with Crippen molar-refractivity contribution in [1.29, 1.82) is 0 Å². The highest BCUT2D eigenvalue weighted by Gasteiger charge is 2.29. The number of rotatable bonds is 8.